The lowest BCUT2D eigenvalue weighted by Gasteiger charge is -2.16. The van der Waals surface area contributed by atoms with Crippen molar-refractivity contribution in [2.24, 2.45) is 17.3 Å². The molecule has 0 bridgehead atoms. The number of hydrogen-bond donors (Lipinski definition) is 0. The summed E-state index contributed by atoms with van der Waals surface area (Å²) in [6, 6.07) is 0. The Morgan fingerprint density at radius 2 is 1.62 bits per heavy atom. The van der Waals surface area contributed by atoms with Crippen molar-refractivity contribution < 1.29 is 0 Å². The lowest BCUT2D eigenvalue weighted by Crippen LogP contribution is -2.08. The van der Waals surface area contributed by atoms with Crippen LogP contribution in [0.2, 0.25) is 0 Å². The summed E-state index contributed by atoms with van der Waals surface area (Å²) in [5, 5.41) is 0. The van der Waals surface area contributed by atoms with Gasteiger partial charge in [-0.1, -0.05) is 27.7 Å². The van der Waals surface area contributed by atoms with Crippen LogP contribution in [0.5, 0.6) is 0 Å². The SMILES string of the molecule is C[C@@H]1C[C@H]1C(C)(C)C. The van der Waals surface area contributed by atoms with Crippen LogP contribution in [-0.2, 0) is 0 Å². The van der Waals surface area contributed by atoms with Gasteiger partial charge in [0.2, 0.25) is 0 Å². The minimum absolute atomic E-state index is 0.583. The minimum atomic E-state index is 0.583. The Morgan fingerprint density at radius 1 is 1.25 bits per heavy atom. The first-order chi connectivity index (χ1) is 3.52. The molecule has 1 saturated carbocycles. The van der Waals surface area contributed by atoms with Gasteiger partial charge in [0.15, 0.2) is 0 Å². The second kappa shape index (κ2) is 1.49. The molecule has 0 radical (unpaired) electrons. The molecule has 0 aromatic carbocycles. The van der Waals surface area contributed by atoms with Crippen molar-refractivity contribution in [3.63, 3.8) is 0 Å². The van der Waals surface area contributed by atoms with Gasteiger partial charge in [0, 0.05) is 0 Å². The summed E-state index contributed by atoms with van der Waals surface area (Å²) in [4.78, 5) is 0. The summed E-state index contributed by atoms with van der Waals surface area (Å²) in [6.07, 6.45) is 1.46. The van der Waals surface area contributed by atoms with E-state index in [0.29, 0.717) is 5.41 Å². The zero-order valence-corrected chi connectivity index (χ0v) is 6.36. The maximum atomic E-state index is 2.34. The Labute approximate surface area is 52.3 Å². The molecular formula is C8H16. The van der Waals surface area contributed by atoms with Crippen LogP contribution in [0.3, 0.4) is 0 Å². The molecule has 8 heavy (non-hydrogen) atoms. The van der Waals surface area contributed by atoms with Crippen LogP contribution in [0.15, 0.2) is 0 Å². The van der Waals surface area contributed by atoms with Crippen LogP contribution in [-0.4, -0.2) is 0 Å². The average molecular weight is 112 g/mol. The molecule has 1 aliphatic rings. The first-order valence-corrected chi connectivity index (χ1v) is 3.52. The quantitative estimate of drug-likeness (QED) is 0.452. The summed E-state index contributed by atoms with van der Waals surface area (Å²) >= 11 is 0. The van der Waals surface area contributed by atoms with E-state index in [9.17, 15) is 0 Å². The number of hydrogen-bond acceptors (Lipinski definition) is 0. The molecular weight excluding hydrogens is 96.1 g/mol. The molecule has 1 fully saturated rings. The third-order valence-electron chi connectivity index (χ3n) is 2.22. The fourth-order valence-corrected chi connectivity index (χ4v) is 1.53. The van der Waals surface area contributed by atoms with Gasteiger partial charge in [0.1, 0.15) is 0 Å². The van der Waals surface area contributed by atoms with Crippen molar-refractivity contribution in [3.8, 4) is 0 Å². The summed E-state index contributed by atoms with van der Waals surface area (Å²) in [5.74, 6) is 2.03. The Kier molecular flexibility index (Phi) is 1.14. The molecule has 0 aromatic rings. The molecule has 0 amide bonds. The second-order valence-corrected chi connectivity index (χ2v) is 4.19. The van der Waals surface area contributed by atoms with Crippen LogP contribution >= 0.6 is 0 Å². The molecule has 0 nitrogen and oxygen atoms in total. The monoisotopic (exact) mass is 112 g/mol. The minimum Gasteiger partial charge on any atom is -0.0622 e. The molecule has 2 atom stereocenters. The predicted molar refractivity (Wildman–Crippen MR) is 36.7 cm³/mol. The maximum Gasteiger partial charge on any atom is -0.0337 e. The van der Waals surface area contributed by atoms with Gasteiger partial charge >= 0.3 is 0 Å². The van der Waals surface area contributed by atoms with Crippen LogP contribution in [0.25, 0.3) is 0 Å². The van der Waals surface area contributed by atoms with E-state index < -0.39 is 0 Å². The number of rotatable bonds is 0. The molecule has 0 aromatic heterocycles. The van der Waals surface area contributed by atoms with Crippen molar-refractivity contribution in [1.29, 1.82) is 0 Å². The molecule has 0 aliphatic heterocycles. The zero-order chi connectivity index (χ0) is 6.36. The van der Waals surface area contributed by atoms with Crippen LogP contribution in [0, 0.1) is 17.3 Å². The molecule has 0 heteroatoms. The highest BCUT2D eigenvalue weighted by Crippen LogP contribution is 2.49. The van der Waals surface area contributed by atoms with Crippen molar-refractivity contribution in [1.82, 2.24) is 0 Å². The smallest absolute Gasteiger partial charge is 0.0337 e. The molecule has 0 saturated heterocycles. The molecule has 0 N–H and O–H groups in total. The van der Waals surface area contributed by atoms with Crippen molar-refractivity contribution in [3.05, 3.63) is 0 Å². The highest BCUT2D eigenvalue weighted by Gasteiger charge is 2.41. The lowest BCUT2D eigenvalue weighted by molar-refractivity contribution is 0.334. The zero-order valence-electron chi connectivity index (χ0n) is 6.36. The van der Waals surface area contributed by atoms with E-state index in [0.717, 1.165) is 11.8 Å². The van der Waals surface area contributed by atoms with Gasteiger partial charge in [-0.05, 0) is 23.7 Å². The van der Waals surface area contributed by atoms with Crippen molar-refractivity contribution in [2.45, 2.75) is 34.1 Å². The highest BCUT2D eigenvalue weighted by molar-refractivity contribution is 4.90. The van der Waals surface area contributed by atoms with Crippen LogP contribution < -0.4 is 0 Å². The highest BCUT2D eigenvalue weighted by atomic mass is 14.5. The second-order valence-electron chi connectivity index (χ2n) is 4.19. The van der Waals surface area contributed by atoms with Gasteiger partial charge in [-0.15, -0.1) is 0 Å². The van der Waals surface area contributed by atoms with Gasteiger partial charge in [-0.2, -0.15) is 0 Å². The summed E-state index contributed by atoms with van der Waals surface area (Å²) in [7, 11) is 0. The van der Waals surface area contributed by atoms with Gasteiger partial charge in [-0.25, -0.2) is 0 Å². The standard InChI is InChI=1S/C8H16/c1-6-5-7(6)8(2,3)4/h6-7H,5H2,1-4H3/t6-,7-/m1/s1. The summed E-state index contributed by atoms with van der Waals surface area (Å²) in [6.45, 7) is 9.35. The third-order valence-corrected chi connectivity index (χ3v) is 2.22. The average Bonchev–Trinajstić information content (AvgIpc) is 2.13. The first-order valence-electron chi connectivity index (χ1n) is 3.52. The topological polar surface area (TPSA) is 0 Å². The van der Waals surface area contributed by atoms with Gasteiger partial charge < -0.3 is 0 Å². The summed E-state index contributed by atoms with van der Waals surface area (Å²) in [5.41, 5.74) is 0.583. The van der Waals surface area contributed by atoms with E-state index in [1.807, 2.05) is 0 Å². The summed E-state index contributed by atoms with van der Waals surface area (Å²) < 4.78 is 0. The maximum absolute atomic E-state index is 2.34. The van der Waals surface area contributed by atoms with E-state index in [4.69, 9.17) is 0 Å². The molecule has 0 spiro atoms. The fraction of sp³-hybridized carbons (Fsp3) is 1.00. The van der Waals surface area contributed by atoms with E-state index >= 15 is 0 Å². The Bertz CT molecular complexity index is 86.7. The Morgan fingerprint density at radius 3 is 1.62 bits per heavy atom. The lowest BCUT2D eigenvalue weighted by atomic mass is 9.89. The largest absolute Gasteiger partial charge is 0.0622 e. The Balaban J connectivity index is 2.39. The molecule has 0 heterocycles. The molecule has 0 unspecified atom stereocenters. The van der Waals surface area contributed by atoms with Gasteiger partial charge in [-0.3, -0.25) is 0 Å². The van der Waals surface area contributed by atoms with E-state index in [1.165, 1.54) is 6.42 Å². The van der Waals surface area contributed by atoms with Gasteiger partial charge in [0.05, 0.1) is 0 Å². The predicted octanol–water partition coefficient (Wildman–Crippen LogP) is 2.69. The van der Waals surface area contributed by atoms with Crippen molar-refractivity contribution >= 4 is 0 Å². The van der Waals surface area contributed by atoms with E-state index in [2.05, 4.69) is 27.7 Å². The third kappa shape index (κ3) is 1.04. The van der Waals surface area contributed by atoms with Gasteiger partial charge in [0.25, 0.3) is 0 Å². The molecule has 1 rings (SSSR count). The molecule has 48 valence electrons. The fourth-order valence-electron chi connectivity index (χ4n) is 1.53. The first kappa shape index (κ1) is 6.12. The molecule has 1 aliphatic carbocycles. The van der Waals surface area contributed by atoms with E-state index in [1.54, 1.807) is 0 Å². The normalized spacial score (nSPS) is 37.5. The van der Waals surface area contributed by atoms with Crippen LogP contribution in [0.1, 0.15) is 34.1 Å². The van der Waals surface area contributed by atoms with Crippen LogP contribution in [0.4, 0.5) is 0 Å². The van der Waals surface area contributed by atoms with E-state index in [-0.39, 0.29) is 0 Å². The van der Waals surface area contributed by atoms with Crippen molar-refractivity contribution in [2.75, 3.05) is 0 Å². The Hall–Kier alpha value is 0.